The molecule has 248 valence electrons. The second-order valence-electron chi connectivity index (χ2n) is 10.5. The molecule has 5 rings (SSSR count). The van der Waals surface area contributed by atoms with Gasteiger partial charge in [0.1, 0.15) is 18.2 Å². The lowest BCUT2D eigenvalue weighted by Crippen LogP contribution is -2.32. The maximum absolute atomic E-state index is 15.4. The highest BCUT2D eigenvalue weighted by Crippen LogP contribution is 2.39. The first kappa shape index (κ1) is 33.9. The second kappa shape index (κ2) is 17.0. The summed E-state index contributed by atoms with van der Waals surface area (Å²) in [6.07, 6.45) is 2.55. The number of carbonyl (C=O) groups excluding carboxylic acids is 2. The maximum atomic E-state index is 15.4. The maximum Gasteiger partial charge on any atom is 0.337 e. The highest BCUT2D eigenvalue weighted by molar-refractivity contribution is 7.13. The summed E-state index contributed by atoms with van der Waals surface area (Å²) in [6.45, 7) is 3.02. The standard InChI is InChI=1S/C34H37FN4O7S/c1-42-33(41)23-4-2-22(3-5-23)26-7-6-25(19-28(26)35)46-31-20-27-24(18-30(31)45-16-15-44-14-13-43-12-9-36)8-10-37-29(27)21-32(40)39-34-38-11-17-47-34/h2-7,11,17-20,29,37H,8-10,12-16,21,36H2,1H3,(H,38,39,40). The van der Waals surface area contributed by atoms with Crippen LogP contribution in [-0.2, 0) is 25.4 Å². The Morgan fingerprint density at radius 2 is 1.81 bits per heavy atom. The summed E-state index contributed by atoms with van der Waals surface area (Å²) in [7, 11) is 1.31. The molecule has 11 nitrogen and oxygen atoms in total. The van der Waals surface area contributed by atoms with Gasteiger partial charge in [-0.2, -0.15) is 0 Å². The van der Waals surface area contributed by atoms with Crippen molar-refractivity contribution in [3.05, 3.63) is 88.7 Å². The van der Waals surface area contributed by atoms with Crippen molar-refractivity contribution < 1.29 is 37.7 Å². The van der Waals surface area contributed by atoms with Gasteiger partial charge in [-0.05, 0) is 66.1 Å². The number of methoxy groups -OCH3 is 1. The van der Waals surface area contributed by atoms with E-state index in [4.69, 9.17) is 29.4 Å². The Balaban J connectivity index is 1.34. The molecule has 1 aliphatic heterocycles. The Morgan fingerprint density at radius 3 is 2.53 bits per heavy atom. The fourth-order valence-corrected chi connectivity index (χ4v) is 5.65. The zero-order valence-corrected chi connectivity index (χ0v) is 26.8. The molecule has 3 aromatic carbocycles. The minimum absolute atomic E-state index is 0.169. The third kappa shape index (κ3) is 9.33. The van der Waals surface area contributed by atoms with Crippen LogP contribution in [0, 0.1) is 5.82 Å². The number of fused-ring (bicyclic) bond motifs is 1. The van der Waals surface area contributed by atoms with Gasteiger partial charge in [-0.25, -0.2) is 14.2 Å². The zero-order valence-electron chi connectivity index (χ0n) is 26.0. The molecule has 2 heterocycles. The Hall–Kier alpha value is -4.40. The summed E-state index contributed by atoms with van der Waals surface area (Å²) in [5.74, 6) is -0.0293. The molecular weight excluding hydrogens is 627 g/mol. The number of rotatable bonds is 16. The van der Waals surface area contributed by atoms with Crippen LogP contribution in [0.3, 0.4) is 0 Å². The molecule has 0 aliphatic carbocycles. The number of nitrogens with two attached hydrogens (primary N) is 1. The Morgan fingerprint density at radius 1 is 1.02 bits per heavy atom. The third-order valence-corrected chi connectivity index (χ3v) is 8.03. The number of hydrogen-bond donors (Lipinski definition) is 3. The van der Waals surface area contributed by atoms with E-state index in [2.05, 4.69) is 15.6 Å². The summed E-state index contributed by atoms with van der Waals surface area (Å²) >= 11 is 1.35. The van der Waals surface area contributed by atoms with E-state index >= 15 is 4.39 Å². The largest absolute Gasteiger partial charge is 0.487 e. The predicted molar refractivity (Wildman–Crippen MR) is 176 cm³/mol. The van der Waals surface area contributed by atoms with Crippen molar-refractivity contribution in [3.63, 3.8) is 0 Å². The van der Waals surface area contributed by atoms with Crippen LogP contribution in [0.4, 0.5) is 9.52 Å². The van der Waals surface area contributed by atoms with Gasteiger partial charge in [0.15, 0.2) is 16.6 Å². The second-order valence-corrected chi connectivity index (χ2v) is 11.4. The third-order valence-electron chi connectivity index (χ3n) is 7.34. The van der Waals surface area contributed by atoms with E-state index < -0.39 is 11.8 Å². The Bertz CT molecular complexity index is 1640. The molecule has 1 amide bonds. The van der Waals surface area contributed by atoms with Gasteiger partial charge in [-0.3, -0.25) is 4.79 Å². The highest BCUT2D eigenvalue weighted by Gasteiger charge is 2.26. The van der Waals surface area contributed by atoms with Crippen LogP contribution in [0.5, 0.6) is 17.2 Å². The fraction of sp³-hybridized carbons (Fsp3) is 0.324. The van der Waals surface area contributed by atoms with Gasteiger partial charge >= 0.3 is 5.97 Å². The van der Waals surface area contributed by atoms with Crippen molar-refractivity contribution in [1.29, 1.82) is 0 Å². The molecule has 0 saturated heterocycles. The van der Waals surface area contributed by atoms with Gasteiger partial charge in [0.2, 0.25) is 5.91 Å². The number of anilines is 1. The van der Waals surface area contributed by atoms with Crippen molar-refractivity contribution in [1.82, 2.24) is 10.3 Å². The Labute approximate surface area is 276 Å². The zero-order chi connectivity index (χ0) is 33.0. The number of thiazole rings is 1. The molecule has 4 N–H and O–H groups in total. The average molecular weight is 665 g/mol. The molecule has 0 saturated carbocycles. The number of halogens is 1. The predicted octanol–water partition coefficient (Wildman–Crippen LogP) is 5.11. The number of nitrogens with zero attached hydrogens (tertiary/aromatic N) is 1. The van der Waals surface area contributed by atoms with Gasteiger partial charge in [0, 0.05) is 42.2 Å². The van der Waals surface area contributed by atoms with Crippen LogP contribution in [-0.4, -0.2) is 70.1 Å². The van der Waals surface area contributed by atoms with Crippen molar-refractivity contribution in [3.8, 4) is 28.4 Å². The number of esters is 1. The summed E-state index contributed by atoms with van der Waals surface area (Å²) in [4.78, 5) is 28.8. The summed E-state index contributed by atoms with van der Waals surface area (Å²) in [6, 6.07) is 14.5. The van der Waals surface area contributed by atoms with Crippen LogP contribution in [0.2, 0.25) is 0 Å². The van der Waals surface area contributed by atoms with Crippen molar-refractivity contribution in [2.45, 2.75) is 18.9 Å². The van der Waals surface area contributed by atoms with Gasteiger partial charge in [0.25, 0.3) is 0 Å². The van der Waals surface area contributed by atoms with E-state index in [9.17, 15) is 9.59 Å². The van der Waals surface area contributed by atoms with Crippen LogP contribution < -0.4 is 25.8 Å². The molecule has 47 heavy (non-hydrogen) atoms. The molecule has 0 fully saturated rings. The number of hydrogen-bond acceptors (Lipinski definition) is 11. The van der Waals surface area contributed by atoms with E-state index in [1.54, 1.807) is 48.0 Å². The number of ether oxygens (including phenoxy) is 5. The van der Waals surface area contributed by atoms with Gasteiger partial charge < -0.3 is 40.1 Å². The molecule has 1 atom stereocenters. The van der Waals surface area contributed by atoms with E-state index in [0.29, 0.717) is 72.8 Å². The number of amides is 1. The van der Waals surface area contributed by atoms with E-state index in [0.717, 1.165) is 17.5 Å². The summed E-state index contributed by atoms with van der Waals surface area (Å²) in [5.41, 5.74) is 8.66. The molecule has 4 aromatic rings. The Kier molecular flexibility index (Phi) is 12.2. The van der Waals surface area contributed by atoms with Crippen LogP contribution in [0.1, 0.15) is 33.9 Å². The van der Waals surface area contributed by atoms with Crippen LogP contribution >= 0.6 is 11.3 Å². The lowest BCUT2D eigenvalue weighted by Gasteiger charge is -2.28. The molecule has 1 unspecified atom stereocenters. The molecule has 1 aromatic heterocycles. The van der Waals surface area contributed by atoms with Crippen LogP contribution in [0.15, 0.2) is 66.2 Å². The smallest absolute Gasteiger partial charge is 0.337 e. The number of benzene rings is 3. The highest BCUT2D eigenvalue weighted by atomic mass is 32.1. The molecule has 0 bridgehead atoms. The quantitative estimate of drug-likeness (QED) is 0.109. The fourth-order valence-electron chi connectivity index (χ4n) is 5.11. The summed E-state index contributed by atoms with van der Waals surface area (Å²) < 4.78 is 43.4. The molecule has 0 radical (unpaired) electrons. The molecule has 13 heteroatoms. The van der Waals surface area contributed by atoms with Crippen molar-refractivity contribution >= 4 is 28.3 Å². The normalized spacial score (nSPS) is 13.9. The van der Waals surface area contributed by atoms with E-state index in [-0.39, 0.29) is 30.7 Å². The average Bonchev–Trinajstić information content (AvgIpc) is 3.59. The summed E-state index contributed by atoms with van der Waals surface area (Å²) in [5, 5.41) is 8.60. The van der Waals surface area contributed by atoms with Crippen molar-refractivity contribution in [2.75, 3.05) is 58.6 Å². The monoisotopic (exact) mass is 664 g/mol. The number of nitrogens with one attached hydrogen (secondary N) is 2. The van der Waals surface area contributed by atoms with Gasteiger partial charge in [-0.1, -0.05) is 12.1 Å². The lowest BCUT2D eigenvalue weighted by atomic mass is 9.91. The van der Waals surface area contributed by atoms with Gasteiger partial charge in [0.05, 0.1) is 39.1 Å². The van der Waals surface area contributed by atoms with Crippen molar-refractivity contribution in [2.24, 2.45) is 5.73 Å². The first-order chi connectivity index (χ1) is 22.9. The molecule has 0 spiro atoms. The number of aromatic nitrogens is 1. The minimum Gasteiger partial charge on any atom is -0.487 e. The number of carbonyl (C=O) groups is 2. The minimum atomic E-state index is -0.502. The lowest BCUT2D eigenvalue weighted by molar-refractivity contribution is -0.116. The van der Waals surface area contributed by atoms with E-state index in [1.165, 1.54) is 24.5 Å². The topological polar surface area (TPSA) is 143 Å². The molecular formula is C34H37FN4O7S. The van der Waals surface area contributed by atoms with Crippen LogP contribution in [0.25, 0.3) is 11.1 Å². The first-order valence-electron chi connectivity index (χ1n) is 15.2. The molecule has 1 aliphatic rings. The SMILES string of the molecule is COC(=O)c1ccc(-c2ccc(Oc3cc4c(cc3OCCOCCOCCN)CCNC4CC(=O)Nc3nccs3)cc2F)cc1. The van der Waals surface area contributed by atoms with E-state index in [1.807, 2.05) is 12.1 Å². The van der Waals surface area contributed by atoms with Gasteiger partial charge in [-0.15, -0.1) is 11.3 Å². The first-order valence-corrected chi connectivity index (χ1v) is 16.1.